The molecule has 0 atom stereocenters. The van der Waals surface area contributed by atoms with Crippen molar-refractivity contribution in [2.24, 2.45) is 10.2 Å². The van der Waals surface area contributed by atoms with Crippen molar-refractivity contribution in [3.05, 3.63) is 81.9 Å². The summed E-state index contributed by atoms with van der Waals surface area (Å²) in [6.45, 7) is 7.80. The summed E-state index contributed by atoms with van der Waals surface area (Å²) in [7, 11) is 0. The summed E-state index contributed by atoms with van der Waals surface area (Å²) < 4.78 is 0. The molecule has 35 heavy (non-hydrogen) atoms. The second kappa shape index (κ2) is 11.7. The highest BCUT2D eigenvalue weighted by molar-refractivity contribution is 6.06. The van der Waals surface area contributed by atoms with Gasteiger partial charge in [-0.25, -0.2) is 0 Å². The fraction of sp³-hybridized carbons (Fsp3) is 0.269. The maximum atomic E-state index is 13.1. The third-order valence-electron chi connectivity index (χ3n) is 5.41. The number of hydrogen-bond donors (Lipinski definition) is 2. The van der Waals surface area contributed by atoms with Crippen LogP contribution in [-0.4, -0.2) is 29.0 Å². The number of non-ortho nitro benzene ring substituents is 1. The Morgan fingerprint density at radius 1 is 1.00 bits per heavy atom. The molecule has 0 aliphatic rings. The third kappa shape index (κ3) is 6.41. The fourth-order valence-electron chi connectivity index (χ4n) is 3.65. The number of phenolic OH excluding ortho intramolecular Hbond substituents is 1. The highest BCUT2D eigenvalue weighted by Crippen LogP contribution is 2.35. The average Bonchev–Trinajstić information content (AvgIpc) is 2.84. The largest absolute Gasteiger partial charge is 0.506 e. The van der Waals surface area contributed by atoms with Crippen molar-refractivity contribution in [2.75, 3.05) is 23.3 Å². The van der Waals surface area contributed by atoms with Crippen molar-refractivity contribution in [3.8, 4) is 5.75 Å². The quantitative estimate of drug-likeness (QED) is 0.188. The Labute approximate surface area is 204 Å². The van der Waals surface area contributed by atoms with Gasteiger partial charge in [0.1, 0.15) is 17.1 Å². The molecule has 0 fully saturated rings. The van der Waals surface area contributed by atoms with E-state index in [9.17, 15) is 20.0 Å². The van der Waals surface area contributed by atoms with Gasteiger partial charge in [-0.05, 0) is 55.7 Å². The Balaban J connectivity index is 2.02. The zero-order valence-corrected chi connectivity index (χ0v) is 20.1. The van der Waals surface area contributed by atoms with Crippen LogP contribution in [0.25, 0.3) is 0 Å². The molecular weight excluding hydrogens is 446 g/mol. The number of benzene rings is 3. The first-order valence-corrected chi connectivity index (χ1v) is 11.5. The van der Waals surface area contributed by atoms with E-state index >= 15 is 0 Å². The molecule has 0 unspecified atom stereocenters. The molecule has 0 saturated heterocycles. The number of azo groups is 1. The molecule has 0 radical (unpaired) electrons. The van der Waals surface area contributed by atoms with Crippen LogP contribution in [0.3, 0.4) is 0 Å². The molecule has 3 rings (SSSR count). The second-order valence-corrected chi connectivity index (χ2v) is 8.09. The summed E-state index contributed by atoms with van der Waals surface area (Å²) in [5, 5.41) is 32.3. The van der Waals surface area contributed by atoms with Crippen molar-refractivity contribution < 1.29 is 14.8 Å². The minimum atomic E-state index is -0.572. The summed E-state index contributed by atoms with van der Waals surface area (Å²) >= 11 is 0. The first kappa shape index (κ1) is 25.4. The van der Waals surface area contributed by atoms with Crippen LogP contribution in [0.15, 0.2) is 70.9 Å². The summed E-state index contributed by atoms with van der Waals surface area (Å²) in [6.07, 6.45) is 1.94. The van der Waals surface area contributed by atoms with Gasteiger partial charge in [-0.2, -0.15) is 0 Å². The standard InChI is InChI=1S/C26H29N5O4/c1-4-14-30(15-5-2)19-10-12-22(28-29-24-17-20(31(34)35)11-13-25(24)32)23(16-19)27-26(33)21-9-7-6-8-18(21)3/h6-13,16-17,32H,4-5,14-15H2,1-3H3,(H,27,33). The number of carbonyl (C=O) groups excluding carboxylic acids is 1. The number of nitrogens with one attached hydrogen (secondary N) is 1. The van der Waals surface area contributed by atoms with Crippen LogP contribution in [0.4, 0.5) is 28.4 Å². The lowest BCUT2D eigenvalue weighted by atomic mass is 10.1. The molecule has 0 bridgehead atoms. The molecule has 0 aromatic heterocycles. The second-order valence-electron chi connectivity index (χ2n) is 8.09. The van der Waals surface area contributed by atoms with E-state index in [1.807, 2.05) is 31.2 Å². The molecule has 9 nitrogen and oxygen atoms in total. The molecule has 0 aliphatic carbocycles. The molecule has 9 heteroatoms. The number of carbonyl (C=O) groups is 1. The van der Waals surface area contributed by atoms with Crippen LogP contribution < -0.4 is 10.2 Å². The highest BCUT2D eigenvalue weighted by Gasteiger charge is 2.15. The van der Waals surface area contributed by atoms with E-state index in [1.54, 1.807) is 18.2 Å². The average molecular weight is 476 g/mol. The van der Waals surface area contributed by atoms with Gasteiger partial charge in [0.05, 0.1) is 10.6 Å². The Morgan fingerprint density at radius 2 is 1.69 bits per heavy atom. The lowest BCUT2D eigenvalue weighted by Gasteiger charge is -2.24. The van der Waals surface area contributed by atoms with Gasteiger partial charge in [0, 0.05) is 36.5 Å². The summed E-state index contributed by atoms with van der Waals surface area (Å²) in [5.74, 6) is -0.522. The number of phenols is 1. The predicted octanol–water partition coefficient (Wildman–Crippen LogP) is 6.90. The number of amides is 1. The Kier molecular flexibility index (Phi) is 8.50. The van der Waals surface area contributed by atoms with Gasteiger partial charge in [-0.3, -0.25) is 14.9 Å². The predicted molar refractivity (Wildman–Crippen MR) is 137 cm³/mol. The molecule has 0 aliphatic heterocycles. The molecule has 182 valence electrons. The molecule has 0 spiro atoms. The van der Waals surface area contributed by atoms with Gasteiger partial charge in [0.25, 0.3) is 11.6 Å². The summed E-state index contributed by atoms with van der Waals surface area (Å²) in [6, 6.07) is 16.3. The van der Waals surface area contributed by atoms with Crippen LogP contribution in [0.2, 0.25) is 0 Å². The Hall–Kier alpha value is -4.27. The molecule has 3 aromatic carbocycles. The van der Waals surface area contributed by atoms with Crippen molar-refractivity contribution in [1.82, 2.24) is 0 Å². The number of nitrogens with zero attached hydrogens (tertiary/aromatic N) is 4. The zero-order valence-electron chi connectivity index (χ0n) is 20.1. The van der Waals surface area contributed by atoms with E-state index in [0.29, 0.717) is 16.9 Å². The van der Waals surface area contributed by atoms with Crippen molar-refractivity contribution in [2.45, 2.75) is 33.6 Å². The highest BCUT2D eigenvalue weighted by atomic mass is 16.6. The van der Waals surface area contributed by atoms with Crippen LogP contribution in [0.1, 0.15) is 42.6 Å². The van der Waals surface area contributed by atoms with Crippen molar-refractivity contribution in [3.63, 3.8) is 0 Å². The van der Waals surface area contributed by atoms with E-state index in [4.69, 9.17) is 0 Å². The number of aromatic hydroxyl groups is 1. The molecule has 2 N–H and O–H groups in total. The van der Waals surface area contributed by atoms with Crippen LogP contribution in [0, 0.1) is 17.0 Å². The van der Waals surface area contributed by atoms with Gasteiger partial charge in [0.15, 0.2) is 0 Å². The van der Waals surface area contributed by atoms with E-state index < -0.39 is 4.92 Å². The number of aryl methyl sites for hydroxylation is 1. The zero-order chi connectivity index (χ0) is 25.4. The van der Waals surface area contributed by atoms with E-state index in [1.165, 1.54) is 12.1 Å². The Bertz CT molecular complexity index is 1240. The summed E-state index contributed by atoms with van der Waals surface area (Å²) in [4.78, 5) is 25.8. The van der Waals surface area contributed by atoms with Crippen molar-refractivity contribution in [1.29, 1.82) is 0 Å². The fourth-order valence-corrected chi connectivity index (χ4v) is 3.65. The molecular formula is C26H29N5O4. The number of rotatable bonds is 10. The van der Waals surface area contributed by atoms with E-state index in [-0.39, 0.29) is 23.0 Å². The van der Waals surface area contributed by atoms with Crippen LogP contribution in [0.5, 0.6) is 5.75 Å². The smallest absolute Gasteiger partial charge is 0.271 e. The first-order chi connectivity index (χ1) is 16.8. The third-order valence-corrected chi connectivity index (χ3v) is 5.41. The van der Waals surface area contributed by atoms with Gasteiger partial charge < -0.3 is 15.3 Å². The Morgan fingerprint density at radius 3 is 2.34 bits per heavy atom. The van der Waals surface area contributed by atoms with Gasteiger partial charge in [-0.1, -0.05) is 32.0 Å². The molecule has 0 saturated carbocycles. The molecule has 1 amide bonds. The maximum absolute atomic E-state index is 13.1. The first-order valence-electron chi connectivity index (χ1n) is 11.5. The molecule has 0 heterocycles. The normalized spacial score (nSPS) is 10.9. The van der Waals surface area contributed by atoms with E-state index in [2.05, 4.69) is 34.3 Å². The van der Waals surface area contributed by atoms with Crippen molar-refractivity contribution >= 4 is 34.3 Å². The number of anilines is 2. The topological polar surface area (TPSA) is 120 Å². The lowest BCUT2D eigenvalue weighted by molar-refractivity contribution is -0.384. The molecule has 3 aromatic rings. The minimum Gasteiger partial charge on any atom is -0.506 e. The lowest BCUT2D eigenvalue weighted by Crippen LogP contribution is -2.25. The number of hydrogen-bond acceptors (Lipinski definition) is 7. The minimum absolute atomic E-state index is 0.0435. The summed E-state index contributed by atoms with van der Waals surface area (Å²) in [5.41, 5.74) is 2.86. The number of nitro benzene ring substituents is 1. The SMILES string of the molecule is CCCN(CCC)c1ccc(N=Nc2cc([N+](=O)[O-])ccc2O)c(NC(=O)c2ccccc2C)c1. The van der Waals surface area contributed by atoms with Gasteiger partial charge in [-0.15, -0.1) is 10.2 Å². The maximum Gasteiger partial charge on any atom is 0.271 e. The van der Waals surface area contributed by atoms with Crippen LogP contribution in [-0.2, 0) is 0 Å². The van der Waals surface area contributed by atoms with Gasteiger partial charge >= 0.3 is 0 Å². The number of nitro groups is 1. The monoisotopic (exact) mass is 475 g/mol. The van der Waals surface area contributed by atoms with E-state index in [0.717, 1.165) is 43.2 Å². The van der Waals surface area contributed by atoms with Crippen LogP contribution >= 0.6 is 0 Å². The van der Waals surface area contributed by atoms with Gasteiger partial charge in [0.2, 0.25) is 0 Å².